The van der Waals surface area contributed by atoms with E-state index >= 15 is 0 Å². The molecule has 2 N–H and O–H groups in total. The summed E-state index contributed by atoms with van der Waals surface area (Å²) in [5, 5.41) is 0. The standard InChI is InChI=1S/C11H20F3NO/c1-3-4-5-6-7-8-9(16)10(2,15)11(12,13)14/h3-8,15H2,1-2H3. The Balaban J connectivity index is 3.98. The van der Waals surface area contributed by atoms with Gasteiger partial charge in [-0.25, -0.2) is 0 Å². The highest BCUT2D eigenvalue weighted by molar-refractivity contribution is 5.88. The van der Waals surface area contributed by atoms with Crippen molar-refractivity contribution < 1.29 is 18.0 Å². The average Bonchev–Trinajstić information content (AvgIpc) is 2.15. The number of carbonyl (C=O) groups excluding carboxylic acids is 1. The lowest BCUT2D eigenvalue weighted by molar-refractivity contribution is -0.186. The second kappa shape index (κ2) is 6.23. The van der Waals surface area contributed by atoms with Crippen LogP contribution < -0.4 is 5.73 Å². The summed E-state index contributed by atoms with van der Waals surface area (Å²) in [5.41, 5.74) is 2.31. The Morgan fingerprint density at radius 1 is 1.12 bits per heavy atom. The van der Waals surface area contributed by atoms with Crippen LogP contribution >= 0.6 is 0 Å². The van der Waals surface area contributed by atoms with Crippen LogP contribution in [0.4, 0.5) is 13.2 Å². The molecule has 0 bridgehead atoms. The molecule has 1 atom stereocenters. The lowest BCUT2D eigenvalue weighted by Crippen LogP contribution is -2.57. The summed E-state index contributed by atoms with van der Waals surface area (Å²) < 4.78 is 37.1. The molecule has 0 aliphatic carbocycles. The van der Waals surface area contributed by atoms with E-state index in [1.54, 1.807) is 0 Å². The minimum atomic E-state index is -4.66. The third kappa shape index (κ3) is 4.51. The highest BCUT2D eigenvalue weighted by Gasteiger charge is 2.52. The van der Waals surface area contributed by atoms with E-state index in [1.165, 1.54) is 0 Å². The summed E-state index contributed by atoms with van der Waals surface area (Å²) in [6, 6.07) is 0. The predicted molar refractivity (Wildman–Crippen MR) is 57.0 cm³/mol. The SMILES string of the molecule is CCCCCCCC(=O)C(C)(N)C(F)(F)F. The van der Waals surface area contributed by atoms with Crippen LogP contribution in [0, 0.1) is 0 Å². The van der Waals surface area contributed by atoms with Crippen LogP contribution in [0.3, 0.4) is 0 Å². The second-order valence-electron chi connectivity index (χ2n) is 4.29. The summed E-state index contributed by atoms with van der Waals surface area (Å²) in [4.78, 5) is 11.3. The fourth-order valence-electron chi connectivity index (χ4n) is 1.31. The van der Waals surface area contributed by atoms with Crippen LogP contribution in [0.25, 0.3) is 0 Å². The molecule has 2 nitrogen and oxygen atoms in total. The molecule has 0 rings (SSSR count). The van der Waals surface area contributed by atoms with E-state index in [0.29, 0.717) is 6.42 Å². The fourth-order valence-corrected chi connectivity index (χ4v) is 1.31. The van der Waals surface area contributed by atoms with Gasteiger partial charge in [-0.05, 0) is 13.3 Å². The molecule has 0 saturated heterocycles. The molecule has 0 aliphatic heterocycles. The summed E-state index contributed by atoms with van der Waals surface area (Å²) in [5.74, 6) is -0.920. The van der Waals surface area contributed by atoms with Crippen molar-refractivity contribution in [2.45, 2.75) is 64.1 Å². The first-order valence-electron chi connectivity index (χ1n) is 5.62. The zero-order valence-electron chi connectivity index (χ0n) is 9.86. The molecule has 16 heavy (non-hydrogen) atoms. The zero-order valence-corrected chi connectivity index (χ0v) is 9.86. The van der Waals surface area contributed by atoms with E-state index < -0.39 is 17.5 Å². The number of unbranched alkanes of at least 4 members (excludes halogenated alkanes) is 4. The quantitative estimate of drug-likeness (QED) is 0.693. The lowest BCUT2D eigenvalue weighted by Gasteiger charge is -2.25. The predicted octanol–water partition coefficient (Wildman–Crippen LogP) is 3.20. The third-order valence-corrected chi connectivity index (χ3v) is 2.68. The van der Waals surface area contributed by atoms with Crippen LogP contribution in [0.1, 0.15) is 52.4 Å². The van der Waals surface area contributed by atoms with E-state index in [-0.39, 0.29) is 6.42 Å². The number of carbonyl (C=O) groups is 1. The Kier molecular flexibility index (Phi) is 6.00. The van der Waals surface area contributed by atoms with Gasteiger partial charge in [0.2, 0.25) is 0 Å². The van der Waals surface area contributed by atoms with E-state index in [4.69, 9.17) is 5.73 Å². The average molecular weight is 239 g/mol. The summed E-state index contributed by atoms with van der Waals surface area (Å²) in [6.45, 7) is 2.78. The van der Waals surface area contributed by atoms with Crippen molar-refractivity contribution in [3.63, 3.8) is 0 Å². The fraction of sp³-hybridized carbons (Fsp3) is 0.909. The summed E-state index contributed by atoms with van der Waals surface area (Å²) in [7, 11) is 0. The molecule has 0 aromatic rings. The smallest absolute Gasteiger partial charge is 0.312 e. The number of Topliss-reactive ketones (excluding diaryl/α,β-unsaturated/α-hetero) is 1. The molecule has 1 unspecified atom stereocenters. The molecule has 0 spiro atoms. The number of hydrogen-bond donors (Lipinski definition) is 1. The van der Waals surface area contributed by atoms with Gasteiger partial charge in [-0.2, -0.15) is 13.2 Å². The molecule has 0 aromatic heterocycles. The van der Waals surface area contributed by atoms with Gasteiger partial charge in [0.25, 0.3) is 0 Å². The third-order valence-electron chi connectivity index (χ3n) is 2.68. The van der Waals surface area contributed by atoms with Crippen LogP contribution in [0.2, 0.25) is 0 Å². The van der Waals surface area contributed by atoms with Gasteiger partial charge in [0.1, 0.15) is 0 Å². The number of ketones is 1. The van der Waals surface area contributed by atoms with Crippen molar-refractivity contribution in [3.8, 4) is 0 Å². The zero-order chi connectivity index (χ0) is 12.8. The molecule has 0 aliphatic rings. The van der Waals surface area contributed by atoms with Crippen molar-refractivity contribution in [1.82, 2.24) is 0 Å². The topological polar surface area (TPSA) is 43.1 Å². The van der Waals surface area contributed by atoms with E-state index in [9.17, 15) is 18.0 Å². The minimum absolute atomic E-state index is 0.0871. The van der Waals surface area contributed by atoms with Gasteiger partial charge in [-0.3, -0.25) is 4.79 Å². The van der Waals surface area contributed by atoms with Gasteiger partial charge in [-0.15, -0.1) is 0 Å². The number of hydrogen-bond acceptors (Lipinski definition) is 2. The highest BCUT2D eigenvalue weighted by Crippen LogP contribution is 2.29. The van der Waals surface area contributed by atoms with Crippen LogP contribution in [0.5, 0.6) is 0 Å². The van der Waals surface area contributed by atoms with Gasteiger partial charge in [0.15, 0.2) is 11.3 Å². The molecule has 96 valence electrons. The second-order valence-corrected chi connectivity index (χ2v) is 4.29. The number of rotatable bonds is 7. The molecule has 0 heterocycles. The molecule has 0 fully saturated rings. The normalized spacial score (nSPS) is 15.9. The Bertz CT molecular complexity index is 224. The summed E-state index contributed by atoms with van der Waals surface area (Å²) >= 11 is 0. The maximum absolute atomic E-state index is 12.4. The van der Waals surface area contributed by atoms with Gasteiger partial charge in [0, 0.05) is 6.42 Å². The maximum atomic E-state index is 12.4. The van der Waals surface area contributed by atoms with Crippen LogP contribution in [-0.2, 0) is 4.79 Å². The maximum Gasteiger partial charge on any atom is 0.413 e. The van der Waals surface area contributed by atoms with E-state index in [0.717, 1.165) is 32.6 Å². The Labute approximate surface area is 94.4 Å². The van der Waals surface area contributed by atoms with E-state index in [1.807, 2.05) is 6.92 Å². The van der Waals surface area contributed by atoms with Crippen molar-refractivity contribution in [2.24, 2.45) is 5.73 Å². The van der Waals surface area contributed by atoms with Crippen molar-refractivity contribution in [2.75, 3.05) is 0 Å². The Morgan fingerprint density at radius 2 is 1.62 bits per heavy atom. The summed E-state index contributed by atoms with van der Waals surface area (Å²) in [6.07, 6.45) is -0.408. The Morgan fingerprint density at radius 3 is 2.06 bits per heavy atom. The van der Waals surface area contributed by atoms with Crippen LogP contribution in [0.15, 0.2) is 0 Å². The van der Waals surface area contributed by atoms with E-state index in [2.05, 4.69) is 0 Å². The van der Waals surface area contributed by atoms with Gasteiger partial charge in [-0.1, -0.05) is 32.6 Å². The number of alkyl halides is 3. The minimum Gasteiger partial charge on any atom is -0.312 e. The molecule has 0 aromatic carbocycles. The molecular formula is C11H20F3NO. The Hall–Kier alpha value is -0.580. The van der Waals surface area contributed by atoms with Gasteiger partial charge < -0.3 is 5.73 Å². The molecular weight excluding hydrogens is 219 g/mol. The first-order valence-corrected chi connectivity index (χ1v) is 5.62. The number of nitrogens with two attached hydrogens (primary N) is 1. The van der Waals surface area contributed by atoms with Crippen LogP contribution in [-0.4, -0.2) is 17.5 Å². The first kappa shape index (κ1) is 15.4. The van der Waals surface area contributed by atoms with Crippen molar-refractivity contribution in [1.29, 1.82) is 0 Å². The molecule has 5 heteroatoms. The monoisotopic (exact) mass is 239 g/mol. The van der Waals surface area contributed by atoms with Gasteiger partial charge >= 0.3 is 6.18 Å². The van der Waals surface area contributed by atoms with Crippen molar-refractivity contribution >= 4 is 5.78 Å². The number of halogens is 3. The molecule has 0 saturated carbocycles. The molecule has 0 radical (unpaired) electrons. The largest absolute Gasteiger partial charge is 0.413 e. The first-order chi connectivity index (χ1) is 7.23. The lowest BCUT2D eigenvalue weighted by atomic mass is 9.93. The van der Waals surface area contributed by atoms with Gasteiger partial charge in [0.05, 0.1) is 0 Å². The van der Waals surface area contributed by atoms with Crippen molar-refractivity contribution in [3.05, 3.63) is 0 Å². The molecule has 0 amide bonds. The highest BCUT2D eigenvalue weighted by atomic mass is 19.4.